The maximum Gasteiger partial charge on any atom is 0.270 e. The van der Waals surface area contributed by atoms with E-state index in [1.807, 2.05) is 18.3 Å². The summed E-state index contributed by atoms with van der Waals surface area (Å²) in [5.74, 6) is 0.743. The predicted octanol–water partition coefficient (Wildman–Crippen LogP) is 0.918. The first-order valence-electron chi connectivity index (χ1n) is 7.92. The molecule has 3 aromatic rings. The molecule has 3 aromatic heterocycles. The van der Waals surface area contributed by atoms with Gasteiger partial charge in [0.15, 0.2) is 5.65 Å². The summed E-state index contributed by atoms with van der Waals surface area (Å²) in [6, 6.07) is 5.52. The molecule has 1 N–H and O–H groups in total. The first-order chi connectivity index (χ1) is 11.8. The molecule has 8 heteroatoms. The first-order valence-corrected chi connectivity index (χ1v) is 7.92. The molecule has 0 spiro atoms. The van der Waals surface area contributed by atoms with Crippen LogP contribution in [0.4, 0.5) is 5.82 Å². The van der Waals surface area contributed by atoms with Gasteiger partial charge in [-0.3, -0.25) is 4.79 Å². The van der Waals surface area contributed by atoms with E-state index >= 15 is 0 Å². The molecule has 0 bridgehead atoms. The Morgan fingerprint density at radius 3 is 3.08 bits per heavy atom. The van der Waals surface area contributed by atoms with E-state index in [0.717, 1.165) is 37.4 Å². The third kappa shape index (κ3) is 2.90. The summed E-state index contributed by atoms with van der Waals surface area (Å²) in [4.78, 5) is 26.9. The molecule has 1 aliphatic heterocycles. The number of carbonyl (C=O) groups is 1. The van der Waals surface area contributed by atoms with Crippen LogP contribution in [0.2, 0.25) is 0 Å². The lowest BCUT2D eigenvalue weighted by Crippen LogP contribution is -2.48. The Labute approximate surface area is 138 Å². The van der Waals surface area contributed by atoms with Gasteiger partial charge in [0, 0.05) is 37.6 Å². The van der Waals surface area contributed by atoms with E-state index in [1.54, 1.807) is 23.0 Å². The van der Waals surface area contributed by atoms with Crippen LogP contribution in [-0.2, 0) is 0 Å². The summed E-state index contributed by atoms with van der Waals surface area (Å²) in [5, 5.41) is 7.21. The summed E-state index contributed by atoms with van der Waals surface area (Å²) < 4.78 is 1.74. The molecule has 0 aromatic carbocycles. The Hall–Kier alpha value is -3.03. The molecule has 4 rings (SSSR count). The average molecular weight is 323 g/mol. The van der Waals surface area contributed by atoms with Gasteiger partial charge in [-0.1, -0.05) is 0 Å². The van der Waals surface area contributed by atoms with Gasteiger partial charge in [0.1, 0.15) is 17.8 Å². The van der Waals surface area contributed by atoms with Gasteiger partial charge in [-0.05, 0) is 25.0 Å². The van der Waals surface area contributed by atoms with E-state index in [0.29, 0.717) is 5.69 Å². The number of hydrogen-bond donors (Lipinski definition) is 1. The van der Waals surface area contributed by atoms with Gasteiger partial charge < -0.3 is 10.2 Å². The topological polar surface area (TPSA) is 88.3 Å². The summed E-state index contributed by atoms with van der Waals surface area (Å²) in [7, 11) is 0. The molecule has 4 heterocycles. The largest absolute Gasteiger partial charge is 0.354 e. The van der Waals surface area contributed by atoms with Gasteiger partial charge in [-0.2, -0.15) is 5.10 Å². The molecule has 1 unspecified atom stereocenters. The fraction of sp³-hybridized carbons (Fsp3) is 0.312. The van der Waals surface area contributed by atoms with Crippen LogP contribution in [0.3, 0.4) is 0 Å². The molecule has 122 valence electrons. The van der Waals surface area contributed by atoms with Crippen molar-refractivity contribution in [3.8, 4) is 0 Å². The highest BCUT2D eigenvalue weighted by Crippen LogP contribution is 2.18. The summed E-state index contributed by atoms with van der Waals surface area (Å²) in [5.41, 5.74) is 1.21. The van der Waals surface area contributed by atoms with Crippen molar-refractivity contribution >= 4 is 17.4 Å². The van der Waals surface area contributed by atoms with Crippen molar-refractivity contribution in [1.82, 2.24) is 29.9 Å². The van der Waals surface area contributed by atoms with Crippen LogP contribution < -0.4 is 10.2 Å². The second kappa shape index (κ2) is 6.23. The summed E-state index contributed by atoms with van der Waals surface area (Å²) in [6.07, 6.45) is 8.53. The zero-order chi connectivity index (χ0) is 16.4. The number of nitrogens with zero attached hydrogens (tertiary/aromatic N) is 6. The second-order valence-corrected chi connectivity index (χ2v) is 5.77. The molecule has 1 amide bonds. The number of carbonyl (C=O) groups excluding carboxylic acids is 1. The van der Waals surface area contributed by atoms with Crippen LogP contribution in [0.5, 0.6) is 0 Å². The van der Waals surface area contributed by atoms with Crippen LogP contribution in [0.15, 0.2) is 43.1 Å². The number of piperidine rings is 1. The third-order valence-corrected chi connectivity index (χ3v) is 4.14. The Balaban J connectivity index is 1.46. The van der Waals surface area contributed by atoms with Crippen molar-refractivity contribution in [3.05, 3.63) is 48.8 Å². The van der Waals surface area contributed by atoms with Gasteiger partial charge >= 0.3 is 0 Å². The highest BCUT2D eigenvalue weighted by molar-refractivity contribution is 5.92. The second-order valence-electron chi connectivity index (χ2n) is 5.77. The molecule has 24 heavy (non-hydrogen) atoms. The minimum Gasteiger partial charge on any atom is -0.354 e. The lowest BCUT2D eigenvalue weighted by molar-refractivity contribution is 0.0928. The predicted molar refractivity (Wildman–Crippen MR) is 87.7 cm³/mol. The standard InChI is InChI=1S/C16H17N7O/c24-16(13-3-6-17-11-18-13)20-12-2-1-8-22(10-12)14-5-9-23-15(21-14)4-7-19-23/h3-7,9,11-12H,1-2,8,10H2,(H,20,24). The molecule has 1 atom stereocenters. The van der Waals surface area contributed by atoms with Gasteiger partial charge in [-0.15, -0.1) is 0 Å². The highest BCUT2D eigenvalue weighted by atomic mass is 16.1. The zero-order valence-electron chi connectivity index (χ0n) is 13.0. The van der Waals surface area contributed by atoms with Gasteiger partial charge in [-0.25, -0.2) is 19.5 Å². The SMILES string of the molecule is O=C(NC1CCCN(c2ccn3nccc3n2)C1)c1ccncn1. The molecule has 1 saturated heterocycles. The van der Waals surface area contributed by atoms with E-state index in [-0.39, 0.29) is 11.9 Å². The maximum absolute atomic E-state index is 12.2. The molecular weight excluding hydrogens is 306 g/mol. The Bertz CT molecular complexity index is 848. The van der Waals surface area contributed by atoms with Crippen molar-refractivity contribution in [2.75, 3.05) is 18.0 Å². The van der Waals surface area contributed by atoms with Crippen LogP contribution in [0.1, 0.15) is 23.3 Å². The van der Waals surface area contributed by atoms with E-state index < -0.39 is 0 Å². The minimum atomic E-state index is -0.163. The van der Waals surface area contributed by atoms with Gasteiger partial charge in [0.05, 0.1) is 6.20 Å². The average Bonchev–Trinajstić information content (AvgIpc) is 3.10. The van der Waals surface area contributed by atoms with Crippen molar-refractivity contribution < 1.29 is 4.79 Å². The molecule has 0 radical (unpaired) electrons. The number of nitrogens with one attached hydrogen (secondary N) is 1. The Morgan fingerprint density at radius 1 is 1.25 bits per heavy atom. The van der Waals surface area contributed by atoms with Crippen LogP contribution in [0.25, 0.3) is 5.65 Å². The smallest absolute Gasteiger partial charge is 0.270 e. The fourth-order valence-corrected chi connectivity index (χ4v) is 2.97. The van der Waals surface area contributed by atoms with Crippen LogP contribution in [-0.4, -0.2) is 49.6 Å². The van der Waals surface area contributed by atoms with Crippen molar-refractivity contribution in [2.24, 2.45) is 0 Å². The van der Waals surface area contributed by atoms with Crippen LogP contribution in [0, 0.1) is 0 Å². The number of fused-ring (bicyclic) bond motifs is 1. The van der Waals surface area contributed by atoms with Gasteiger partial charge in [0.2, 0.25) is 0 Å². The van der Waals surface area contributed by atoms with E-state index in [4.69, 9.17) is 0 Å². The van der Waals surface area contributed by atoms with E-state index in [2.05, 4.69) is 30.3 Å². The van der Waals surface area contributed by atoms with Gasteiger partial charge in [0.25, 0.3) is 5.91 Å². The molecule has 1 fully saturated rings. The number of hydrogen-bond acceptors (Lipinski definition) is 6. The summed E-state index contributed by atoms with van der Waals surface area (Å²) >= 11 is 0. The highest BCUT2D eigenvalue weighted by Gasteiger charge is 2.23. The quantitative estimate of drug-likeness (QED) is 0.771. The molecular formula is C16H17N7O. The number of aromatic nitrogens is 5. The maximum atomic E-state index is 12.2. The Kier molecular flexibility index (Phi) is 3.78. The summed E-state index contributed by atoms with van der Waals surface area (Å²) in [6.45, 7) is 1.66. The van der Waals surface area contributed by atoms with E-state index in [1.165, 1.54) is 6.33 Å². The van der Waals surface area contributed by atoms with E-state index in [9.17, 15) is 4.79 Å². The number of anilines is 1. The number of amides is 1. The first kappa shape index (κ1) is 14.6. The molecule has 8 nitrogen and oxygen atoms in total. The molecule has 1 aliphatic rings. The lowest BCUT2D eigenvalue weighted by Gasteiger charge is -2.33. The lowest BCUT2D eigenvalue weighted by atomic mass is 10.1. The monoisotopic (exact) mass is 323 g/mol. The van der Waals surface area contributed by atoms with Crippen molar-refractivity contribution in [2.45, 2.75) is 18.9 Å². The normalized spacial score (nSPS) is 17.8. The third-order valence-electron chi connectivity index (χ3n) is 4.14. The molecule has 0 aliphatic carbocycles. The van der Waals surface area contributed by atoms with Crippen LogP contribution >= 0.6 is 0 Å². The van der Waals surface area contributed by atoms with Crippen molar-refractivity contribution in [1.29, 1.82) is 0 Å². The Morgan fingerprint density at radius 2 is 2.21 bits per heavy atom. The minimum absolute atomic E-state index is 0.0733. The molecule has 0 saturated carbocycles. The fourth-order valence-electron chi connectivity index (χ4n) is 2.97. The zero-order valence-corrected chi connectivity index (χ0v) is 13.0. The number of rotatable bonds is 3. The van der Waals surface area contributed by atoms with Crippen molar-refractivity contribution in [3.63, 3.8) is 0 Å².